The Bertz CT molecular complexity index is 1610. The summed E-state index contributed by atoms with van der Waals surface area (Å²) in [5.74, 6) is -0.997. The summed E-state index contributed by atoms with van der Waals surface area (Å²) in [6.45, 7) is 1.79. The van der Waals surface area contributed by atoms with E-state index in [2.05, 4.69) is 15.6 Å². The fraction of sp³-hybridized carbons (Fsp3) is 0.111. The summed E-state index contributed by atoms with van der Waals surface area (Å²) >= 11 is 0. The molecule has 2 N–H and O–H groups in total. The van der Waals surface area contributed by atoms with Crippen molar-refractivity contribution in [1.82, 2.24) is 5.32 Å². The summed E-state index contributed by atoms with van der Waals surface area (Å²) in [6.07, 6.45) is -1.32. The first-order valence-electron chi connectivity index (χ1n) is 11.1. The van der Waals surface area contributed by atoms with E-state index < -0.39 is 29.5 Å². The van der Waals surface area contributed by atoms with Crippen LogP contribution >= 0.6 is 0 Å². The molecule has 3 amide bonds. The van der Waals surface area contributed by atoms with E-state index >= 15 is 0 Å². The topological polar surface area (TPSA) is 104 Å². The maximum Gasteiger partial charge on any atom is 0.336 e. The van der Waals surface area contributed by atoms with Crippen LogP contribution in [-0.2, 0) is 4.79 Å². The van der Waals surface area contributed by atoms with Crippen LogP contribution in [0.4, 0.5) is 20.6 Å². The Balaban J connectivity index is 1.48. The third-order valence-corrected chi connectivity index (χ3v) is 5.95. The smallest absolute Gasteiger partial charge is 0.336 e. The van der Waals surface area contributed by atoms with Gasteiger partial charge < -0.3 is 20.0 Å². The van der Waals surface area contributed by atoms with Gasteiger partial charge in [0.1, 0.15) is 11.4 Å². The number of fused-ring (bicyclic) bond motifs is 2. The number of carbonyl (C=O) groups excluding carboxylic acids is 2. The van der Waals surface area contributed by atoms with Gasteiger partial charge >= 0.3 is 11.7 Å². The summed E-state index contributed by atoms with van der Waals surface area (Å²) in [6, 6.07) is 18.7. The first-order valence-corrected chi connectivity index (χ1v) is 11.1. The van der Waals surface area contributed by atoms with Gasteiger partial charge in [-0.1, -0.05) is 30.3 Å². The molecule has 4 aromatic rings. The highest BCUT2D eigenvalue weighted by atomic mass is 19.1. The highest BCUT2D eigenvalue weighted by molar-refractivity contribution is 6.20. The van der Waals surface area contributed by atoms with E-state index in [0.29, 0.717) is 22.5 Å². The Kier molecular flexibility index (Phi) is 5.81. The number of likely N-dealkylation sites (N-methyl/N-ethyl adjacent to an activating group) is 1. The fourth-order valence-corrected chi connectivity index (χ4v) is 4.18. The molecule has 180 valence electrons. The minimum absolute atomic E-state index is 0.209. The van der Waals surface area contributed by atoms with Gasteiger partial charge in [0.25, 0.3) is 5.91 Å². The number of aryl methyl sites for hydroxylation is 1. The van der Waals surface area contributed by atoms with Gasteiger partial charge in [-0.2, -0.15) is 0 Å². The molecule has 9 heteroatoms. The number of hydrogen-bond donors (Lipinski definition) is 2. The normalized spacial score (nSPS) is 15.2. The molecule has 1 aromatic heterocycles. The summed E-state index contributed by atoms with van der Waals surface area (Å²) in [7, 11) is 1.57. The van der Waals surface area contributed by atoms with Gasteiger partial charge in [0.2, 0.25) is 6.17 Å². The average Bonchev–Trinajstić information content (AvgIpc) is 2.95. The maximum absolute atomic E-state index is 14.7. The van der Waals surface area contributed by atoms with E-state index in [1.54, 1.807) is 68.6 Å². The van der Waals surface area contributed by atoms with Gasteiger partial charge in [-0.15, -0.1) is 0 Å². The van der Waals surface area contributed by atoms with E-state index in [-0.39, 0.29) is 11.3 Å². The van der Waals surface area contributed by atoms with Crippen molar-refractivity contribution in [3.05, 3.63) is 106 Å². The first-order chi connectivity index (χ1) is 17.3. The summed E-state index contributed by atoms with van der Waals surface area (Å²) in [5.41, 5.74) is 2.47. The number of nitrogens with zero attached hydrogens (tertiary/aromatic N) is 2. The van der Waals surface area contributed by atoms with Gasteiger partial charge in [-0.25, -0.2) is 19.0 Å². The fourth-order valence-electron chi connectivity index (χ4n) is 4.18. The quantitative estimate of drug-likeness (QED) is 0.425. The molecule has 1 unspecified atom stereocenters. The van der Waals surface area contributed by atoms with Crippen molar-refractivity contribution >= 4 is 40.0 Å². The molecule has 1 aliphatic rings. The molecule has 5 rings (SSSR count). The van der Waals surface area contributed by atoms with Crippen LogP contribution in [0.1, 0.15) is 16.7 Å². The molecule has 0 saturated carbocycles. The predicted molar refractivity (Wildman–Crippen MR) is 135 cm³/mol. The number of anilines is 2. The Labute approximate surface area is 205 Å². The number of benzodiazepines with no additional fused rings is 1. The molecule has 3 aromatic carbocycles. The van der Waals surface area contributed by atoms with Crippen LogP contribution in [0.5, 0.6) is 0 Å². The molecule has 8 nitrogen and oxygen atoms in total. The number of halogens is 1. The SMILES string of the molecule is Cc1cc(=O)oc2cc(NC(=O)NC3N=C(c4ccccc4F)c4ccccc4N(C)C3=O)ccc12. The van der Waals surface area contributed by atoms with Gasteiger partial charge in [-0.05, 0) is 42.8 Å². The molecule has 2 heterocycles. The standard InChI is InChI=1S/C27H21FN4O4/c1-15-13-23(33)36-22-14-16(11-12-17(15)22)29-27(35)31-25-26(34)32(2)21-10-6-4-8-19(21)24(30-25)18-7-3-5-9-20(18)28/h3-14,25H,1-2H3,(H2,29,31,35). The zero-order valence-corrected chi connectivity index (χ0v) is 19.4. The average molecular weight is 484 g/mol. The van der Waals surface area contributed by atoms with Crippen molar-refractivity contribution in [2.45, 2.75) is 13.1 Å². The number of amides is 3. The molecule has 36 heavy (non-hydrogen) atoms. The highest BCUT2D eigenvalue weighted by Gasteiger charge is 2.31. The van der Waals surface area contributed by atoms with Crippen LogP contribution in [0.2, 0.25) is 0 Å². The number of aliphatic imine (C=N–C) groups is 1. The number of carbonyl (C=O) groups is 2. The predicted octanol–water partition coefficient (Wildman–Crippen LogP) is 4.20. The molecule has 0 spiro atoms. The highest BCUT2D eigenvalue weighted by Crippen LogP contribution is 2.28. The van der Waals surface area contributed by atoms with E-state index in [1.165, 1.54) is 23.1 Å². The van der Waals surface area contributed by atoms with Crippen LogP contribution < -0.4 is 21.2 Å². The molecule has 1 aliphatic heterocycles. The van der Waals surface area contributed by atoms with E-state index in [4.69, 9.17) is 4.42 Å². The lowest BCUT2D eigenvalue weighted by molar-refractivity contribution is -0.119. The van der Waals surface area contributed by atoms with Gasteiger partial charge in [-0.3, -0.25) is 4.79 Å². The van der Waals surface area contributed by atoms with Gasteiger partial charge in [0, 0.05) is 41.4 Å². The number of benzene rings is 3. The number of hydrogen-bond acceptors (Lipinski definition) is 5. The largest absolute Gasteiger partial charge is 0.423 e. The second-order valence-corrected chi connectivity index (χ2v) is 8.33. The first kappa shape index (κ1) is 23.0. The molecular formula is C27H21FN4O4. The molecule has 1 atom stereocenters. The van der Waals surface area contributed by atoms with Gasteiger partial charge in [0.05, 0.1) is 11.4 Å². The molecule has 0 bridgehead atoms. The lowest BCUT2D eigenvalue weighted by Gasteiger charge is -2.21. The maximum atomic E-state index is 14.7. The van der Waals surface area contributed by atoms with E-state index in [0.717, 1.165) is 10.9 Å². The number of nitrogens with one attached hydrogen (secondary N) is 2. The zero-order chi connectivity index (χ0) is 25.4. The lowest BCUT2D eigenvalue weighted by atomic mass is 10.00. The minimum Gasteiger partial charge on any atom is -0.423 e. The lowest BCUT2D eigenvalue weighted by Crippen LogP contribution is -2.47. The number of para-hydroxylation sites is 1. The monoisotopic (exact) mass is 484 g/mol. The Morgan fingerprint density at radius 3 is 2.50 bits per heavy atom. The third kappa shape index (κ3) is 4.22. The summed E-state index contributed by atoms with van der Waals surface area (Å²) < 4.78 is 20.0. The van der Waals surface area contributed by atoms with Crippen molar-refractivity contribution < 1.29 is 18.4 Å². The van der Waals surface area contributed by atoms with Crippen LogP contribution in [0.3, 0.4) is 0 Å². The van der Waals surface area contributed by atoms with Crippen molar-refractivity contribution in [3.63, 3.8) is 0 Å². The van der Waals surface area contributed by atoms with Crippen LogP contribution in [0, 0.1) is 12.7 Å². The Morgan fingerprint density at radius 1 is 1.00 bits per heavy atom. The van der Waals surface area contributed by atoms with Gasteiger partial charge in [0.15, 0.2) is 0 Å². The number of rotatable bonds is 3. The molecule has 0 radical (unpaired) electrons. The van der Waals surface area contributed by atoms with Crippen LogP contribution in [0.25, 0.3) is 11.0 Å². The summed E-state index contributed by atoms with van der Waals surface area (Å²) in [4.78, 5) is 43.7. The van der Waals surface area contributed by atoms with Crippen LogP contribution in [-0.4, -0.2) is 30.9 Å². The Morgan fingerprint density at radius 2 is 1.72 bits per heavy atom. The molecule has 0 fully saturated rings. The van der Waals surface area contributed by atoms with E-state index in [1.807, 2.05) is 0 Å². The van der Waals surface area contributed by atoms with Crippen LogP contribution in [0.15, 0.2) is 87.0 Å². The second-order valence-electron chi connectivity index (χ2n) is 8.33. The molecular weight excluding hydrogens is 463 g/mol. The van der Waals surface area contributed by atoms with E-state index in [9.17, 15) is 18.8 Å². The molecule has 0 saturated heterocycles. The summed E-state index contributed by atoms with van der Waals surface area (Å²) in [5, 5.41) is 5.94. The Hall–Kier alpha value is -4.79. The van der Waals surface area contributed by atoms with Crippen molar-refractivity contribution in [1.29, 1.82) is 0 Å². The van der Waals surface area contributed by atoms with Crippen molar-refractivity contribution in [2.75, 3.05) is 17.3 Å². The zero-order valence-electron chi connectivity index (χ0n) is 19.4. The van der Waals surface area contributed by atoms with Crippen molar-refractivity contribution in [3.8, 4) is 0 Å². The second kappa shape index (κ2) is 9.10. The third-order valence-electron chi connectivity index (χ3n) is 5.95. The molecule has 0 aliphatic carbocycles. The minimum atomic E-state index is -1.32. The van der Waals surface area contributed by atoms with Crippen molar-refractivity contribution in [2.24, 2.45) is 4.99 Å². The number of urea groups is 1.